The monoisotopic (exact) mass is 360 g/mol. The number of carbonyl (C=O) groups is 2. The molecule has 1 saturated heterocycles. The van der Waals surface area contributed by atoms with Gasteiger partial charge in [-0.2, -0.15) is 0 Å². The first kappa shape index (κ1) is 18.1. The highest BCUT2D eigenvalue weighted by molar-refractivity contribution is 5.92. The Labute approximate surface area is 152 Å². The second-order valence-electron chi connectivity index (χ2n) is 6.49. The van der Waals surface area contributed by atoms with Gasteiger partial charge in [0.25, 0.3) is 0 Å². The fourth-order valence-electron chi connectivity index (χ4n) is 3.42. The molecule has 7 heteroatoms. The normalized spacial score (nSPS) is 22.1. The topological polar surface area (TPSA) is 77.1 Å². The minimum atomic E-state index is -0.573. The van der Waals surface area contributed by atoms with Gasteiger partial charge in [0.15, 0.2) is 0 Å². The number of hydrogen-bond acceptors (Lipinski definition) is 6. The minimum Gasteiger partial charge on any atom is -0.495 e. The van der Waals surface area contributed by atoms with Crippen LogP contribution in [0.15, 0.2) is 30.4 Å². The predicted molar refractivity (Wildman–Crippen MR) is 97.6 cm³/mol. The maximum Gasteiger partial charge on any atom is 0.414 e. The van der Waals surface area contributed by atoms with Crippen LogP contribution >= 0.6 is 0 Å². The number of allylic oxidation sites excluding steroid dienone is 2. The number of nitrogens with one attached hydrogen (secondary N) is 1. The van der Waals surface area contributed by atoms with Crippen molar-refractivity contribution in [2.45, 2.75) is 19.3 Å². The Morgan fingerprint density at radius 3 is 2.81 bits per heavy atom. The van der Waals surface area contributed by atoms with Gasteiger partial charge in [0.2, 0.25) is 0 Å². The van der Waals surface area contributed by atoms with Crippen LogP contribution in [0.5, 0.6) is 5.75 Å². The summed E-state index contributed by atoms with van der Waals surface area (Å²) in [7, 11) is 2.99. The summed E-state index contributed by atoms with van der Waals surface area (Å²) in [6, 6.07) is 5.51. The number of carbonyl (C=O) groups excluding carboxylic acids is 2. The highest BCUT2D eigenvalue weighted by Crippen LogP contribution is 2.36. The summed E-state index contributed by atoms with van der Waals surface area (Å²) < 4.78 is 15.4. The first-order chi connectivity index (χ1) is 12.6. The Morgan fingerprint density at radius 2 is 2.19 bits per heavy atom. The molecule has 7 nitrogen and oxygen atoms in total. The summed E-state index contributed by atoms with van der Waals surface area (Å²) in [5.41, 5.74) is 0.880. The Balaban J connectivity index is 1.80. The van der Waals surface area contributed by atoms with E-state index in [2.05, 4.69) is 11.4 Å². The minimum absolute atomic E-state index is 0.203. The van der Waals surface area contributed by atoms with Crippen molar-refractivity contribution in [2.75, 3.05) is 44.1 Å². The molecule has 2 aliphatic rings. The maximum absolute atomic E-state index is 12.3. The first-order valence-corrected chi connectivity index (χ1v) is 8.69. The second-order valence-corrected chi connectivity index (χ2v) is 6.49. The molecule has 1 aliphatic heterocycles. The zero-order chi connectivity index (χ0) is 18.6. The molecule has 1 atom stereocenters. The average molecular weight is 360 g/mol. The van der Waals surface area contributed by atoms with Crippen molar-refractivity contribution in [2.24, 2.45) is 5.41 Å². The zero-order valence-electron chi connectivity index (χ0n) is 15.1. The molecule has 1 N–H and O–H groups in total. The lowest BCUT2D eigenvalue weighted by Crippen LogP contribution is -2.39. The van der Waals surface area contributed by atoms with E-state index in [1.165, 1.54) is 7.11 Å². The van der Waals surface area contributed by atoms with Crippen molar-refractivity contribution in [1.82, 2.24) is 0 Å². The van der Waals surface area contributed by atoms with Crippen molar-refractivity contribution < 1.29 is 23.8 Å². The van der Waals surface area contributed by atoms with Crippen molar-refractivity contribution in [1.29, 1.82) is 0 Å². The molecule has 1 amide bonds. The molecule has 0 bridgehead atoms. The van der Waals surface area contributed by atoms with Gasteiger partial charge in [-0.05, 0) is 37.5 Å². The Kier molecular flexibility index (Phi) is 5.35. The lowest BCUT2D eigenvalue weighted by molar-refractivity contribution is -0.152. The highest BCUT2D eigenvalue weighted by Gasteiger charge is 2.39. The largest absolute Gasteiger partial charge is 0.495 e. The number of hydrogen-bond donors (Lipinski definition) is 1. The van der Waals surface area contributed by atoms with E-state index in [1.807, 2.05) is 18.2 Å². The third kappa shape index (κ3) is 3.47. The number of ether oxygens (including phenoxy) is 3. The van der Waals surface area contributed by atoms with Gasteiger partial charge in [0.1, 0.15) is 12.4 Å². The fourth-order valence-corrected chi connectivity index (χ4v) is 3.42. The molecule has 1 heterocycles. The molecule has 1 aromatic carbocycles. The van der Waals surface area contributed by atoms with Crippen LogP contribution in [0.2, 0.25) is 0 Å². The van der Waals surface area contributed by atoms with Gasteiger partial charge in [-0.25, -0.2) is 4.79 Å². The molecule has 0 saturated carbocycles. The smallest absolute Gasteiger partial charge is 0.414 e. The molecule has 3 rings (SSSR count). The van der Waals surface area contributed by atoms with Crippen LogP contribution in [0, 0.1) is 5.41 Å². The Bertz CT molecular complexity index is 718. The average Bonchev–Trinajstić information content (AvgIpc) is 3.12. The summed E-state index contributed by atoms with van der Waals surface area (Å²) in [6.07, 6.45) is 5.97. The quantitative estimate of drug-likeness (QED) is 0.621. The van der Waals surface area contributed by atoms with Gasteiger partial charge in [-0.3, -0.25) is 9.69 Å². The predicted octanol–water partition coefficient (Wildman–Crippen LogP) is 2.96. The van der Waals surface area contributed by atoms with E-state index in [0.29, 0.717) is 37.6 Å². The van der Waals surface area contributed by atoms with Crippen LogP contribution in [0.3, 0.4) is 0 Å². The number of benzene rings is 1. The highest BCUT2D eigenvalue weighted by atomic mass is 16.6. The standard InChI is InChI=1S/C19H24N2O5/c1-24-16-7-6-14(12-15(16)21-10-11-26-18(21)23)20-13-19(17(22)25-2)8-4-3-5-9-19/h3-4,6-7,12,20H,5,8-11,13H2,1-2H3. The third-order valence-corrected chi connectivity index (χ3v) is 4.94. The summed E-state index contributed by atoms with van der Waals surface area (Å²) in [6.45, 7) is 1.30. The van der Waals surface area contributed by atoms with Gasteiger partial charge >= 0.3 is 12.1 Å². The zero-order valence-corrected chi connectivity index (χ0v) is 15.1. The van der Waals surface area contributed by atoms with E-state index < -0.39 is 5.41 Å². The number of amides is 1. The molecule has 0 radical (unpaired) electrons. The van der Waals surface area contributed by atoms with Crippen LogP contribution < -0.4 is 15.0 Å². The van der Waals surface area contributed by atoms with Crippen LogP contribution in [0.1, 0.15) is 19.3 Å². The maximum atomic E-state index is 12.3. The van der Waals surface area contributed by atoms with Gasteiger partial charge < -0.3 is 19.5 Å². The number of anilines is 2. The van der Waals surface area contributed by atoms with Gasteiger partial charge in [0.05, 0.1) is 31.9 Å². The molecular formula is C19H24N2O5. The van der Waals surface area contributed by atoms with Crippen LogP contribution in [0.4, 0.5) is 16.2 Å². The lowest BCUT2D eigenvalue weighted by Gasteiger charge is -2.32. The number of nitrogens with zero attached hydrogens (tertiary/aromatic N) is 1. The van der Waals surface area contributed by atoms with E-state index in [4.69, 9.17) is 14.2 Å². The summed E-state index contributed by atoms with van der Waals surface area (Å²) >= 11 is 0. The van der Waals surface area contributed by atoms with E-state index >= 15 is 0 Å². The SMILES string of the molecule is COC(=O)C1(CNc2ccc(OC)c(N3CCOC3=O)c2)CC=CCC1. The third-order valence-electron chi connectivity index (χ3n) is 4.94. The number of rotatable bonds is 6. The van der Waals surface area contributed by atoms with Crippen molar-refractivity contribution in [3.05, 3.63) is 30.4 Å². The van der Waals surface area contributed by atoms with E-state index in [0.717, 1.165) is 18.5 Å². The number of cyclic esters (lactones) is 1. The molecule has 1 aliphatic carbocycles. The van der Waals surface area contributed by atoms with E-state index in [-0.39, 0.29) is 12.1 Å². The summed E-state index contributed by atoms with van der Waals surface area (Å²) in [4.78, 5) is 25.8. The van der Waals surface area contributed by atoms with Crippen molar-refractivity contribution in [3.63, 3.8) is 0 Å². The van der Waals surface area contributed by atoms with Crippen LogP contribution in [-0.4, -0.2) is 46.0 Å². The molecule has 0 aromatic heterocycles. The van der Waals surface area contributed by atoms with Crippen LogP contribution in [0.25, 0.3) is 0 Å². The van der Waals surface area contributed by atoms with Gasteiger partial charge in [-0.1, -0.05) is 12.2 Å². The number of methoxy groups -OCH3 is 2. The molecule has 26 heavy (non-hydrogen) atoms. The van der Waals surface area contributed by atoms with Crippen molar-refractivity contribution in [3.8, 4) is 5.75 Å². The van der Waals surface area contributed by atoms with Crippen molar-refractivity contribution >= 4 is 23.4 Å². The summed E-state index contributed by atoms with van der Waals surface area (Å²) in [5.74, 6) is 0.392. The Morgan fingerprint density at radius 1 is 1.35 bits per heavy atom. The number of esters is 1. The van der Waals surface area contributed by atoms with Gasteiger partial charge in [0, 0.05) is 12.2 Å². The molecule has 140 valence electrons. The van der Waals surface area contributed by atoms with E-state index in [9.17, 15) is 9.59 Å². The molecular weight excluding hydrogens is 336 g/mol. The fraction of sp³-hybridized carbons (Fsp3) is 0.474. The van der Waals surface area contributed by atoms with Crippen LogP contribution in [-0.2, 0) is 14.3 Å². The molecule has 0 spiro atoms. The van der Waals surface area contributed by atoms with Gasteiger partial charge in [-0.15, -0.1) is 0 Å². The molecule has 1 aromatic rings. The lowest BCUT2D eigenvalue weighted by atomic mass is 9.77. The Hall–Kier alpha value is -2.70. The van der Waals surface area contributed by atoms with E-state index in [1.54, 1.807) is 18.1 Å². The second kappa shape index (κ2) is 7.68. The summed E-state index contributed by atoms with van der Waals surface area (Å²) in [5, 5.41) is 3.33. The molecule has 1 unspecified atom stereocenters. The molecule has 1 fully saturated rings. The first-order valence-electron chi connectivity index (χ1n) is 8.69.